The van der Waals surface area contributed by atoms with E-state index >= 15 is 0 Å². The molecule has 2 unspecified atom stereocenters. The summed E-state index contributed by atoms with van der Waals surface area (Å²) < 4.78 is 42.5. The van der Waals surface area contributed by atoms with E-state index in [1.54, 1.807) is 0 Å². The summed E-state index contributed by atoms with van der Waals surface area (Å²) in [5.41, 5.74) is 5.78. The standard InChI is InChI=1S/C23H27F3N6/c1-30-4-6-31(7-5-30)17-9-14-18-19(17)22(14,18)32-11-16(29-21(32)12-2-3-12)13-8-15(23(24,25)26)20(27)28-10-13/h8,10-12,14,17-19H,2-7,9H2,1H3,(H2,27,28)/t14-,17?,18-,19?,22-/m1/s1. The molecule has 6 fully saturated rings. The van der Waals surface area contributed by atoms with Crippen molar-refractivity contribution in [2.24, 2.45) is 17.8 Å². The molecule has 5 atom stereocenters. The van der Waals surface area contributed by atoms with Crippen molar-refractivity contribution in [3.05, 3.63) is 29.8 Å². The molecule has 2 N–H and O–H groups in total. The first-order valence-corrected chi connectivity index (χ1v) is 11.7. The van der Waals surface area contributed by atoms with Crippen molar-refractivity contribution in [2.45, 2.75) is 42.9 Å². The number of fused-ring (bicyclic) bond motifs is 1. The summed E-state index contributed by atoms with van der Waals surface area (Å²) >= 11 is 0. The van der Waals surface area contributed by atoms with Crippen LogP contribution in [-0.4, -0.2) is 63.6 Å². The minimum Gasteiger partial charge on any atom is -0.383 e. The maximum atomic E-state index is 13.4. The van der Waals surface area contributed by atoms with Gasteiger partial charge in [0.2, 0.25) is 0 Å². The topological polar surface area (TPSA) is 63.2 Å². The number of aromatic nitrogens is 3. The van der Waals surface area contributed by atoms with Crippen LogP contribution in [0.15, 0.2) is 18.5 Å². The number of hydrogen-bond donors (Lipinski definition) is 1. The smallest absolute Gasteiger partial charge is 0.383 e. The monoisotopic (exact) mass is 444 g/mol. The third kappa shape index (κ3) is 2.49. The molecule has 5 aliphatic carbocycles. The highest BCUT2D eigenvalue weighted by atomic mass is 19.4. The van der Waals surface area contributed by atoms with Gasteiger partial charge in [0, 0.05) is 62.0 Å². The molecule has 5 saturated carbocycles. The second-order valence-electron chi connectivity index (χ2n) is 10.5. The Morgan fingerprint density at radius 1 is 1.12 bits per heavy atom. The Morgan fingerprint density at radius 3 is 2.53 bits per heavy atom. The number of nitrogens with zero attached hydrogens (tertiary/aromatic N) is 5. The molecule has 1 aliphatic heterocycles. The second-order valence-corrected chi connectivity index (χ2v) is 10.5. The Balaban J connectivity index is 1.22. The molecular formula is C23H27F3N6. The summed E-state index contributed by atoms with van der Waals surface area (Å²) in [7, 11) is 2.18. The van der Waals surface area contributed by atoms with Gasteiger partial charge in [0.25, 0.3) is 0 Å². The zero-order valence-corrected chi connectivity index (χ0v) is 18.0. The molecule has 6 nitrogen and oxygen atoms in total. The minimum atomic E-state index is -4.53. The summed E-state index contributed by atoms with van der Waals surface area (Å²) in [6.45, 7) is 4.52. The summed E-state index contributed by atoms with van der Waals surface area (Å²) in [5, 5.41) is 0. The lowest BCUT2D eigenvalue weighted by atomic mass is 10.1. The number of nitrogen functional groups attached to an aromatic ring is 1. The largest absolute Gasteiger partial charge is 0.419 e. The zero-order valence-electron chi connectivity index (χ0n) is 18.0. The SMILES string of the molecule is CN1CCN(C2C[C@@H]3[C@@H]4C2[C@@]34n2cc(-c3cnc(N)c(C(F)(F)F)c3)nc2C2CC2)CC1. The highest BCUT2D eigenvalue weighted by Gasteiger charge is 2.94. The summed E-state index contributed by atoms with van der Waals surface area (Å²) in [5.74, 6) is 3.11. The van der Waals surface area contributed by atoms with Gasteiger partial charge in [-0.05, 0) is 44.2 Å². The normalized spacial score (nSPS) is 36.4. The fourth-order valence-electron chi connectivity index (χ4n) is 6.96. The van der Waals surface area contributed by atoms with Gasteiger partial charge in [0.05, 0.1) is 16.8 Å². The van der Waals surface area contributed by atoms with E-state index in [0.29, 0.717) is 35.1 Å². The average molecular weight is 445 g/mol. The molecule has 1 saturated heterocycles. The first-order valence-electron chi connectivity index (χ1n) is 11.7. The van der Waals surface area contributed by atoms with Crippen molar-refractivity contribution in [3.8, 4) is 11.3 Å². The van der Waals surface area contributed by atoms with Crippen molar-refractivity contribution in [2.75, 3.05) is 39.0 Å². The van der Waals surface area contributed by atoms with Gasteiger partial charge < -0.3 is 15.2 Å². The molecule has 0 spiro atoms. The lowest BCUT2D eigenvalue weighted by molar-refractivity contribution is -0.137. The van der Waals surface area contributed by atoms with Crippen molar-refractivity contribution in [3.63, 3.8) is 0 Å². The Bertz CT molecular complexity index is 1090. The quantitative estimate of drug-likeness (QED) is 0.786. The Morgan fingerprint density at radius 2 is 1.88 bits per heavy atom. The number of imidazole rings is 1. The Hall–Kier alpha value is -2.13. The van der Waals surface area contributed by atoms with Crippen molar-refractivity contribution in [1.82, 2.24) is 24.3 Å². The molecule has 9 heteroatoms. The van der Waals surface area contributed by atoms with E-state index in [-0.39, 0.29) is 5.54 Å². The molecule has 2 bridgehead atoms. The van der Waals surface area contributed by atoms with Gasteiger partial charge in [0.1, 0.15) is 11.6 Å². The molecule has 32 heavy (non-hydrogen) atoms. The van der Waals surface area contributed by atoms with Crippen LogP contribution >= 0.6 is 0 Å². The first kappa shape index (κ1) is 19.3. The summed E-state index contributed by atoms with van der Waals surface area (Å²) in [4.78, 5) is 13.8. The van der Waals surface area contributed by atoms with E-state index in [2.05, 4.69) is 26.4 Å². The number of nitrogens with two attached hydrogens (primary N) is 1. The predicted octanol–water partition coefficient (Wildman–Crippen LogP) is 3.01. The number of alkyl halides is 3. The molecule has 6 aliphatic rings. The van der Waals surface area contributed by atoms with Crippen LogP contribution in [0.4, 0.5) is 19.0 Å². The Kier molecular flexibility index (Phi) is 3.66. The van der Waals surface area contributed by atoms with Crippen LogP contribution in [0.3, 0.4) is 0 Å². The highest BCUT2D eigenvalue weighted by Crippen LogP contribution is 2.89. The van der Waals surface area contributed by atoms with Crippen LogP contribution in [0.5, 0.6) is 0 Å². The third-order valence-corrected chi connectivity index (χ3v) is 8.79. The van der Waals surface area contributed by atoms with Gasteiger partial charge in [-0.25, -0.2) is 9.97 Å². The number of piperazine rings is 1. The summed E-state index contributed by atoms with van der Waals surface area (Å²) in [6.07, 6.45) is 2.38. The second kappa shape index (κ2) is 6.05. The lowest BCUT2D eigenvalue weighted by Crippen LogP contribution is -2.49. The van der Waals surface area contributed by atoms with E-state index < -0.39 is 17.6 Å². The molecule has 0 aromatic carbocycles. The molecule has 3 heterocycles. The van der Waals surface area contributed by atoms with Crippen molar-refractivity contribution in [1.29, 1.82) is 0 Å². The first-order chi connectivity index (χ1) is 15.3. The molecule has 2 aromatic heterocycles. The van der Waals surface area contributed by atoms with Crippen LogP contribution in [0.25, 0.3) is 11.3 Å². The van der Waals surface area contributed by atoms with Crippen LogP contribution < -0.4 is 5.73 Å². The lowest BCUT2D eigenvalue weighted by Gasteiger charge is -2.36. The van der Waals surface area contributed by atoms with Gasteiger partial charge in [-0.3, -0.25) is 4.90 Å². The molecule has 2 aromatic rings. The number of rotatable bonds is 4. The number of anilines is 1. The van der Waals surface area contributed by atoms with Crippen LogP contribution in [0, 0.1) is 17.8 Å². The van der Waals surface area contributed by atoms with Gasteiger partial charge in [-0.15, -0.1) is 0 Å². The van der Waals surface area contributed by atoms with Gasteiger partial charge in [-0.2, -0.15) is 13.2 Å². The zero-order chi connectivity index (χ0) is 22.0. The maximum Gasteiger partial charge on any atom is 0.419 e. The maximum absolute atomic E-state index is 13.4. The molecule has 0 amide bonds. The van der Waals surface area contributed by atoms with Gasteiger partial charge in [-0.1, -0.05) is 0 Å². The number of pyridine rings is 1. The molecular weight excluding hydrogens is 417 g/mol. The summed E-state index contributed by atoms with van der Waals surface area (Å²) in [6, 6.07) is 1.74. The molecule has 0 radical (unpaired) electrons. The van der Waals surface area contributed by atoms with Crippen molar-refractivity contribution < 1.29 is 13.2 Å². The molecule has 170 valence electrons. The van der Waals surface area contributed by atoms with Crippen LogP contribution in [0.1, 0.15) is 36.6 Å². The molecule has 8 rings (SSSR count). The number of hydrogen-bond acceptors (Lipinski definition) is 5. The fraction of sp³-hybridized carbons (Fsp3) is 0.652. The van der Waals surface area contributed by atoms with Crippen LogP contribution in [0.2, 0.25) is 0 Å². The average Bonchev–Trinajstić information content (AvgIpc) is 3.69. The Labute approximate surface area is 184 Å². The van der Waals surface area contributed by atoms with E-state index in [9.17, 15) is 13.2 Å². The van der Waals surface area contributed by atoms with Gasteiger partial charge in [0.15, 0.2) is 0 Å². The minimum absolute atomic E-state index is 0.172. The number of halogens is 3. The predicted molar refractivity (Wildman–Crippen MR) is 113 cm³/mol. The van der Waals surface area contributed by atoms with Crippen LogP contribution in [-0.2, 0) is 11.7 Å². The van der Waals surface area contributed by atoms with E-state index in [1.165, 1.54) is 12.6 Å². The highest BCUT2D eigenvalue weighted by molar-refractivity contribution is 5.63. The van der Waals surface area contributed by atoms with E-state index in [1.807, 2.05) is 6.20 Å². The van der Waals surface area contributed by atoms with E-state index in [4.69, 9.17) is 10.7 Å². The number of likely N-dealkylation sites (N-methyl/N-ethyl adjacent to an activating group) is 1. The van der Waals surface area contributed by atoms with E-state index in [0.717, 1.165) is 56.8 Å². The van der Waals surface area contributed by atoms with Gasteiger partial charge >= 0.3 is 6.18 Å². The fourth-order valence-corrected chi connectivity index (χ4v) is 6.96. The van der Waals surface area contributed by atoms with Crippen molar-refractivity contribution >= 4 is 5.82 Å². The third-order valence-electron chi connectivity index (χ3n) is 8.79.